The van der Waals surface area contributed by atoms with Gasteiger partial charge in [-0.3, -0.25) is 4.90 Å². The average molecular weight is 598 g/mol. The number of sulfone groups is 1. The van der Waals surface area contributed by atoms with Crippen molar-refractivity contribution in [3.05, 3.63) is 101 Å². The van der Waals surface area contributed by atoms with Crippen LogP contribution < -0.4 is 4.74 Å². The summed E-state index contributed by atoms with van der Waals surface area (Å²) >= 11 is 3.54. The molecule has 4 rings (SSSR count). The number of allylic oxidation sites excluding steroid dienone is 2. The molecule has 38 heavy (non-hydrogen) atoms. The minimum absolute atomic E-state index is 0.236. The number of pyridine rings is 1. The fourth-order valence-electron chi connectivity index (χ4n) is 5.18. The molecular formula is C30H33BrN2O4S. The fraction of sp³-hybridized carbons (Fsp3) is 0.300. The van der Waals surface area contributed by atoms with E-state index in [2.05, 4.69) is 34.0 Å². The molecule has 8 heteroatoms. The summed E-state index contributed by atoms with van der Waals surface area (Å²) in [6.07, 6.45) is 7.76. The van der Waals surface area contributed by atoms with Gasteiger partial charge in [-0.15, -0.1) is 0 Å². The number of hydrogen-bond donors (Lipinski definition) is 1. The van der Waals surface area contributed by atoms with Crippen LogP contribution in [0, 0.1) is 0 Å². The normalized spacial score (nSPS) is 17.2. The molecule has 2 heterocycles. The molecule has 1 N–H and O–H groups in total. The number of aromatic nitrogens is 1. The van der Waals surface area contributed by atoms with Crippen LogP contribution in [0.25, 0.3) is 10.9 Å². The maximum absolute atomic E-state index is 12.2. The number of likely N-dealkylation sites (tertiary alicyclic amines) is 1. The van der Waals surface area contributed by atoms with Crippen molar-refractivity contribution in [2.24, 2.45) is 0 Å². The van der Waals surface area contributed by atoms with E-state index in [9.17, 15) is 13.5 Å². The van der Waals surface area contributed by atoms with Crippen LogP contribution in [0.2, 0.25) is 0 Å². The van der Waals surface area contributed by atoms with Gasteiger partial charge in [0.1, 0.15) is 0 Å². The van der Waals surface area contributed by atoms with Crippen LogP contribution in [0.1, 0.15) is 29.9 Å². The Morgan fingerprint density at radius 2 is 1.87 bits per heavy atom. The molecule has 6 nitrogen and oxygen atoms in total. The van der Waals surface area contributed by atoms with Crippen molar-refractivity contribution in [1.82, 2.24) is 9.88 Å². The molecule has 2 aromatic carbocycles. The largest absolute Gasteiger partial charge is 0.481 e. The summed E-state index contributed by atoms with van der Waals surface area (Å²) in [7, 11) is -1.78. The Labute approximate surface area is 233 Å². The van der Waals surface area contributed by atoms with Crippen molar-refractivity contribution in [3.8, 4) is 5.88 Å². The van der Waals surface area contributed by atoms with Gasteiger partial charge in [0, 0.05) is 47.2 Å². The Hall–Kier alpha value is -2.78. The summed E-state index contributed by atoms with van der Waals surface area (Å²) in [5, 5.41) is 13.2. The van der Waals surface area contributed by atoms with E-state index >= 15 is 0 Å². The van der Waals surface area contributed by atoms with Gasteiger partial charge in [-0.1, -0.05) is 59.4 Å². The Balaban J connectivity index is 1.79. The second kappa shape index (κ2) is 11.5. The van der Waals surface area contributed by atoms with Gasteiger partial charge in [0.05, 0.1) is 23.1 Å². The molecule has 1 aromatic heterocycles. The monoisotopic (exact) mass is 596 g/mol. The average Bonchev–Trinajstić information content (AvgIpc) is 2.89. The van der Waals surface area contributed by atoms with Gasteiger partial charge >= 0.3 is 0 Å². The Kier molecular flexibility index (Phi) is 8.57. The lowest BCUT2D eigenvalue weighted by atomic mass is 9.72. The van der Waals surface area contributed by atoms with Crippen LogP contribution in [-0.4, -0.2) is 62.0 Å². The van der Waals surface area contributed by atoms with E-state index < -0.39 is 21.4 Å². The number of piperidine rings is 1. The molecular weight excluding hydrogens is 564 g/mol. The fourth-order valence-corrected chi connectivity index (χ4v) is 6.19. The summed E-state index contributed by atoms with van der Waals surface area (Å²) in [5.74, 6) is -0.0394. The minimum atomic E-state index is -3.35. The van der Waals surface area contributed by atoms with Gasteiger partial charge in [-0.2, -0.15) is 0 Å². The van der Waals surface area contributed by atoms with Gasteiger partial charge < -0.3 is 9.84 Å². The van der Waals surface area contributed by atoms with Crippen molar-refractivity contribution < 1.29 is 18.3 Å². The van der Waals surface area contributed by atoms with E-state index in [1.807, 2.05) is 36.4 Å². The maximum Gasteiger partial charge on any atom is 0.217 e. The number of aliphatic hydroxyl groups is 1. The van der Waals surface area contributed by atoms with Gasteiger partial charge in [0.2, 0.25) is 5.88 Å². The van der Waals surface area contributed by atoms with E-state index in [0.717, 1.165) is 38.6 Å². The summed E-state index contributed by atoms with van der Waals surface area (Å²) in [6.45, 7) is 9.78. The molecule has 1 fully saturated rings. The standard InChI is InChI=1S/C30H33BrN2O4S/c1-5-7-21(6-2)20-33-16-14-30(34,15-17-33)28(22-8-11-25(12-9-22)38(4,35)36)26-19-23-18-24(31)10-13-27(23)32-29(26)37-3/h5-13,18-19,28,34H,1-2,14-17,20H2,3-4H3/b21-7+. The summed E-state index contributed by atoms with van der Waals surface area (Å²) in [4.78, 5) is 7.29. The third-order valence-corrected chi connectivity index (χ3v) is 8.80. The molecule has 0 saturated carbocycles. The van der Waals surface area contributed by atoms with Crippen LogP contribution in [0.5, 0.6) is 5.88 Å². The van der Waals surface area contributed by atoms with Crippen LogP contribution in [0.4, 0.5) is 0 Å². The van der Waals surface area contributed by atoms with Crippen LogP contribution >= 0.6 is 15.9 Å². The lowest BCUT2D eigenvalue weighted by Crippen LogP contribution is -2.48. The van der Waals surface area contributed by atoms with Crippen molar-refractivity contribution in [1.29, 1.82) is 0 Å². The first kappa shape index (κ1) is 28.2. The van der Waals surface area contributed by atoms with Gasteiger partial charge in [0.15, 0.2) is 9.84 Å². The molecule has 3 aromatic rings. The molecule has 1 atom stereocenters. The van der Waals surface area contributed by atoms with Gasteiger partial charge in [-0.25, -0.2) is 13.4 Å². The predicted octanol–water partition coefficient (Wildman–Crippen LogP) is 5.67. The zero-order valence-corrected chi connectivity index (χ0v) is 24.1. The number of halogens is 1. The van der Waals surface area contributed by atoms with E-state index in [4.69, 9.17) is 9.72 Å². The number of benzene rings is 2. The van der Waals surface area contributed by atoms with Gasteiger partial charge in [-0.05, 0) is 60.4 Å². The molecule has 0 spiro atoms. The molecule has 0 amide bonds. The number of methoxy groups -OCH3 is 1. The second-order valence-electron chi connectivity index (χ2n) is 9.76. The van der Waals surface area contributed by atoms with Crippen molar-refractivity contribution in [2.45, 2.75) is 29.3 Å². The van der Waals surface area contributed by atoms with E-state index in [1.165, 1.54) is 6.26 Å². The zero-order chi connectivity index (χ0) is 27.5. The van der Waals surface area contributed by atoms with Crippen LogP contribution in [0.15, 0.2) is 94.9 Å². The molecule has 1 saturated heterocycles. The lowest BCUT2D eigenvalue weighted by Gasteiger charge is -2.43. The van der Waals surface area contributed by atoms with Gasteiger partial charge in [0.25, 0.3) is 0 Å². The first-order valence-corrected chi connectivity index (χ1v) is 15.1. The third kappa shape index (κ3) is 6.10. The number of hydrogen-bond acceptors (Lipinski definition) is 6. The molecule has 1 aliphatic heterocycles. The highest BCUT2D eigenvalue weighted by Crippen LogP contribution is 2.45. The number of nitrogens with zero attached hydrogens (tertiary/aromatic N) is 2. The molecule has 0 aliphatic carbocycles. The Morgan fingerprint density at radius 1 is 1.18 bits per heavy atom. The predicted molar refractivity (Wildman–Crippen MR) is 156 cm³/mol. The van der Waals surface area contributed by atoms with E-state index in [-0.39, 0.29) is 4.90 Å². The SMILES string of the molecule is C=C/C=C(\C=C)CN1CCC(O)(C(c2ccc(S(C)(=O)=O)cc2)c2cc3cc(Br)ccc3nc2OC)CC1. The molecule has 200 valence electrons. The third-order valence-electron chi connectivity index (χ3n) is 7.18. The topological polar surface area (TPSA) is 79.7 Å². The first-order valence-electron chi connectivity index (χ1n) is 12.4. The summed E-state index contributed by atoms with van der Waals surface area (Å²) in [5.41, 5.74) is 2.33. The molecule has 1 unspecified atom stereocenters. The number of fused-ring (bicyclic) bond motifs is 1. The highest BCUT2D eigenvalue weighted by atomic mass is 79.9. The summed E-state index contributed by atoms with van der Waals surface area (Å²) in [6, 6.07) is 14.6. The number of ether oxygens (including phenoxy) is 1. The first-order chi connectivity index (χ1) is 18.1. The second-order valence-corrected chi connectivity index (χ2v) is 12.7. The van der Waals surface area contributed by atoms with E-state index in [0.29, 0.717) is 31.8 Å². The molecule has 1 aliphatic rings. The molecule has 0 bridgehead atoms. The Morgan fingerprint density at radius 3 is 2.45 bits per heavy atom. The highest BCUT2D eigenvalue weighted by molar-refractivity contribution is 9.10. The minimum Gasteiger partial charge on any atom is -0.481 e. The van der Waals surface area contributed by atoms with Crippen molar-refractivity contribution in [2.75, 3.05) is 33.0 Å². The van der Waals surface area contributed by atoms with E-state index in [1.54, 1.807) is 37.5 Å². The van der Waals surface area contributed by atoms with Crippen molar-refractivity contribution in [3.63, 3.8) is 0 Å². The lowest BCUT2D eigenvalue weighted by molar-refractivity contribution is -0.0324. The van der Waals surface area contributed by atoms with Crippen LogP contribution in [0.3, 0.4) is 0 Å². The Bertz CT molecular complexity index is 1470. The van der Waals surface area contributed by atoms with Crippen LogP contribution in [-0.2, 0) is 9.84 Å². The maximum atomic E-state index is 12.2. The smallest absolute Gasteiger partial charge is 0.217 e. The summed E-state index contributed by atoms with van der Waals surface area (Å²) < 4.78 is 30.9. The zero-order valence-electron chi connectivity index (χ0n) is 21.7. The van der Waals surface area contributed by atoms with Crippen molar-refractivity contribution >= 4 is 36.7 Å². The quantitative estimate of drug-likeness (QED) is 0.321. The highest BCUT2D eigenvalue weighted by Gasteiger charge is 2.43. The molecule has 0 radical (unpaired) electrons. The number of rotatable bonds is 9.